The first-order chi connectivity index (χ1) is 12.3. The van der Waals surface area contributed by atoms with Crippen LogP contribution in [0.15, 0.2) is 42.5 Å². The van der Waals surface area contributed by atoms with Crippen LogP contribution in [0.25, 0.3) is 0 Å². The van der Waals surface area contributed by atoms with Gasteiger partial charge in [0.05, 0.1) is 6.10 Å². The van der Waals surface area contributed by atoms with Crippen molar-refractivity contribution in [2.24, 2.45) is 0 Å². The zero-order valence-corrected chi connectivity index (χ0v) is 15.5. The quantitative estimate of drug-likeness (QED) is 0.718. The molecule has 1 unspecified atom stereocenters. The Morgan fingerprint density at radius 2 is 1.58 bits per heavy atom. The molecule has 2 aromatic rings. The van der Waals surface area contributed by atoms with Crippen molar-refractivity contribution in [3.63, 3.8) is 0 Å². The molecule has 0 saturated carbocycles. The van der Waals surface area contributed by atoms with Gasteiger partial charge in [-0.2, -0.15) is 0 Å². The molecule has 6 nitrogen and oxygen atoms in total. The first kappa shape index (κ1) is 19.5. The number of amides is 2. The van der Waals surface area contributed by atoms with Crippen molar-refractivity contribution in [3.05, 3.63) is 59.2 Å². The Morgan fingerprint density at radius 1 is 1.00 bits per heavy atom. The highest BCUT2D eigenvalue weighted by molar-refractivity contribution is 6.39. The first-order valence-corrected chi connectivity index (χ1v) is 8.40. The molecule has 0 aliphatic rings. The van der Waals surface area contributed by atoms with E-state index in [0.717, 1.165) is 16.8 Å². The number of rotatable bonds is 5. The minimum atomic E-state index is -0.886. The molecule has 3 N–H and O–H groups in total. The second kappa shape index (κ2) is 8.49. The fraction of sp³-hybridized carbons (Fsp3) is 0.300. The lowest BCUT2D eigenvalue weighted by Crippen LogP contribution is -2.37. The van der Waals surface area contributed by atoms with E-state index in [1.165, 1.54) is 0 Å². The summed E-state index contributed by atoms with van der Waals surface area (Å²) in [5.74, 6) is -1.53. The number of nitrogens with zero attached hydrogens (tertiary/aromatic N) is 1. The minimum Gasteiger partial charge on any atom is -0.387 e. The van der Waals surface area contributed by atoms with E-state index in [1.54, 1.807) is 12.1 Å². The normalized spacial score (nSPS) is 11.6. The van der Waals surface area contributed by atoms with Crippen LogP contribution < -0.4 is 15.5 Å². The first-order valence-electron chi connectivity index (χ1n) is 8.40. The molecular weight excluding hydrogens is 330 g/mol. The Kier molecular flexibility index (Phi) is 6.36. The van der Waals surface area contributed by atoms with Crippen molar-refractivity contribution in [2.45, 2.75) is 20.0 Å². The third-order valence-corrected chi connectivity index (χ3v) is 4.18. The third kappa shape index (κ3) is 4.83. The highest BCUT2D eigenvalue weighted by atomic mass is 16.3. The van der Waals surface area contributed by atoms with Crippen molar-refractivity contribution >= 4 is 23.2 Å². The third-order valence-electron chi connectivity index (χ3n) is 4.18. The van der Waals surface area contributed by atoms with Crippen molar-refractivity contribution in [1.82, 2.24) is 5.32 Å². The highest BCUT2D eigenvalue weighted by Crippen LogP contribution is 2.19. The Balaban J connectivity index is 1.92. The molecule has 0 heterocycles. The van der Waals surface area contributed by atoms with Gasteiger partial charge in [0.2, 0.25) is 0 Å². The molecule has 6 heteroatoms. The van der Waals surface area contributed by atoms with Gasteiger partial charge in [-0.05, 0) is 42.7 Å². The summed E-state index contributed by atoms with van der Waals surface area (Å²) in [5, 5.41) is 15.3. The van der Waals surface area contributed by atoms with Crippen molar-refractivity contribution in [2.75, 3.05) is 30.9 Å². The van der Waals surface area contributed by atoms with Gasteiger partial charge in [-0.1, -0.05) is 30.3 Å². The summed E-state index contributed by atoms with van der Waals surface area (Å²) in [7, 11) is 3.86. The van der Waals surface area contributed by atoms with Crippen LogP contribution in [0.1, 0.15) is 22.8 Å². The van der Waals surface area contributed by atoms with Gasteiger partial charge in [-0.15, -0.1) is 0 Å². The number of carbonyl (C=O) groups excluding carboxylic acids is 2. The van der Waals surface area contributed by atoms with Crippen molar-refractivity contribution in [3.8, 4) is 0 Å². The Labute approximate surface area is 153 Å². The summed E-state index contributed by atoms with van der Waals surface area (Å²) in [6.07, 6.45) is -0.886. The molecule has 2 aromatic carbocycles. The number of hydrogen-bond donors (Lipinski definition) is 3. The summed E-state index contributed by atoms with van der Waals surface area (Å²) in [4.78, 5) is 26.0. The fourth-order valence-electron chi connectivity index (χ4n) is 2.56. The Morgan fingerprint density at radius 3 is 2.12 bits per heavy atom. The Hall–Kier alpha value is -2.86. The van der Waals surface area contributed by atoms with Crippen LogP contribution in [0.4, 0.5) is 11.4 Å². The van der Waals surface area contributed by atoms with Crippen molar-refractivity contribution in [1.29, 1.82) is 0 Å². The lowest BCUT2D eigenvalue weighted by molar-refractivity contribution is -0.136. The number of carbonyl (C=O) groups is 2. The molecule has 0 aliphatic carbocycles. The van der Waals surface area contributed by atoms with Gasteiger partial charge >= 0.3 is 11.8 Å². The van der Waals surface area contributed by atoms with Gasteiger partial charge in [0.25, 0.3) is 0 Å². The number of anilines is 2. The Bertz CT molecular complexity index is 765. The molecular formula is C20H25N3O3. The highest BCUT2D eigenvalue weighted by Gasteiger charge is 2.17. The second-order valence-corrected chi connectivity index (χ2v) is 6.43. The maximum atomic E-state index is 12.1. The zero-order valence-electron chi connectivity index (χ0n) is 15.5. The van der Waals surface area contributed by atoms with Gasteiger partial charge in [-0.25, -0.2) is 0 Å². The van der Waals surface area contributed by atoms with E-state index in [0.29, 0.717) is 11.3 Å². The van der Waals surface area contributed by atoms with Gasteiger partial charge in [0, 0.05) is 32.0 Å². The summed E-state index contributed by atoms with van der Waals surface area (Å²) in [5.41, 5.74) is 4.08. The maximum Gasteiger partial charge on any atom is 0.313 e. The molecule has 0 bridgehead atoms. The lowest BCUT2D eigenvalue weighted by Gasteiger charge is -2.16. The minimum absolute atomic E-state index is 0.0414. The molecule has 26 heavy (non-hydrogen) atoms. The van der Waals surface area contributed by atoms with Crippen LogP contribution in [-0.4, -0.2) is 37.6 Å². The second-order valence-electron chi connectivity index (χ2n) is 6.43. The summed E-state index contributed by atoms with van der Waals surface area (Å²) < 4.78 is 0. The summed E-state index contributed by atoms with van der Waals surface area (Å²) >= 11 is 0. The number of para-hydroxylation sites is 1. The molecule has 138 valence electrons. The van der Waals surface area contributed by atoms with E-state index in [1.807, 2.05) is 63.2 Å². The SMILES string of the molecule is Cc1cccc(C)c1NC(=O)C(=O)NCC(O)c1ccc(N(C)C)cc1. The average molecular weight is 355 g/mol. The summed E-state index contributed by atoms with van der Waals surface area (Å²) in [6, 6.07) is 13.0. The van der Waals surface area contributed by atoms with Crippen LogP contribution >= 0.6 is 0 Å². The van der Waals surface area contributed by atoms with E-state index in [-0.39, 0.29) is 6.54 Å². The predicted molar refractivity (Wildman–Crippen MR) is 103 cm³/mol. The van der Waals surface area contributed by atoms with Crippen LogP contribution in [-0.2, 0) is 9.59 Å². The number of nitrogens with one attached hydrogen (secondary N) is 2. The largest absolute Gasteiger partial charge is 0.387 e. The zero-order chi connectivity index (χ0) is 19.3. The molecule has 0 aliphatic heterocycles. The van der Waals surface area contributed by atoms with Gasteiger partial charge < -0.3 is 20.6 Å². The van der Waals surface area contributed by atoms with Gasteiger partial charge in [0.15, 0.2) is 0 Å². The van der Waals surface area contributed by atoms with E-state index in [4.69, 9.17) is 0 Å². The van der Waals surface area contributed by atoms with Gasteiger partial charge in [-0.3, -0.25) is 9.59 Å². The number of hydrogen-bond acceptors (Lipinski definition) is 4. The number of aliphatic hydroxyl groups excluding tert-OH is 1. The fourth-order valence-corrected chi connectivity index (χ4v) is 2.56. The number of benzene rings is 2. The molecule has 2 amide bonds. The molecule has 0 fully saturated rings. The monoisotopic (exact) mass is 355 g/mol. The van der Waals surface area contributed by atoms with E-state index >= 15 is 0 Å². The standard InChI is InChI=1S/C20H25N3O3/c1-13-6-5-7-14(2)18(13)22-20(26)19(25)21-12-17(24)15-8-10-16(11-9-15)23(3)4/h5-11,17,24H,12H2,1-4H3,(H,21,25)(H,22,26). The van der Waals surface area contributed by atoms with E-state index in [2.05, 4.69) is 10.6 Å². The smallest absolute Gasteiger partial charge is 0.313 e. The topological polar surface area (TPSA) is 81.7 Å². The predicted octanol–water partition coefficient (Wildman–Crippen LogP) is 2.16. The molecule has 1 atom stereocenters. The molecule has 2 rings (SSSR count). The number of aliphatic hydroxyl groups is 1. The van der Waals surface area contributed by atoms with E-state index in [9.17, 15) is 14.7 Å². The van der Waals surface area contributed by atoms with Crippen LogP contribution in [0.2, 0.25) is 0 Å². The molecule has 0 spiro atoms. The van der Waals surface area contributed by atoms with Gasteiger partial charge in [0.1, 0.15) is 0 Å². The average Bonchev–Trinajstić information content (AvgIpc) is 2.62. The van der Waals surface area contributed by atoms with E-state index < -0.39 is 17.9 Å². The summed E-state index contributed by atoms with van der Waals surface area (Å²) in [6.45, 7) is 3.68. The molecule has 0 aromatic heterocycles. The maximum absolute atomic E-state index is 12.1. The van der Waals surface area contributed by atoms with Crippen LogP contribution in [0, 0.1) is 13.8 Å². The molecule has 0 radical (unpaired) electrons. The van der Waals surface area contributed by atoms with Crippen molar-refractivity contribution < 1.29 is 14.7 Å². The van der Waals surface area contributed by atoms with Crippen LogP contribution in [0.3, 0.4) is 0 Å². The van der Waals surface area contributed by atoms with Crippen LogP contribution in [0.5, 0.6) is 0 Å². The number of aryl methyl sites for hydroxylation is 2. The molecule has 0 saturated heterocycles. The lowest BCUT2D eigenvalue weighted by atomic mass is 10.1.